The normalized spacial score (nSPS) is 25.6. The van der Waals surface area contributed by atoms with Crippen LogP contribution in [0.3, 0.4) is 0 Å². The van der Waals surface area contributed by atoms with Crippen molar-refractivity contribution in [2.24, 2.45) is 17.8 Å². The number of aliphatic hydroxyl groups excluding tert-OH is 1. The van der Waals surface area contributed by atoms with Gasteiger partial charge in [-0.05, 0) is 87.8 Å². The number of likely N-dealkylation sites (N-methyl/N-ethyl adjacent to an activating group) is 1. The number of benzene rings is 1. The molecule has 3 aromatic rings. The molecular weight excluding hydrogens is 626 g/mol. The van der Waals surface area contributed by atoms with E-state index in [0.29, 0.717) is 28.9 Å². The number of carbonyl (C=O) groups is 4. The molecule has 4 aliphatic carbocycles. The Balaban J connectivity index is 1.14. The van der Waals surface area contributed by atoms with E-state index in [1.54, 1.807) is 25.1 Å². The topological polar surface area (TPSA) is 172 Å². The van der Waals surface area contributed by atoms with Crippen molar-refractivity contribution in [2.75, 3.05) is 12.4 Å². The first-order chi connectivity index (χ1) is 22.4. The summed E-state index contributed by atoms with van der Waals surface area (Å²) < 4.78 is 6.98. The van der Waals surface area contributed by atoms with Crippen LogP contribution < -0.4 is 26.8 Å². The number of nitrogens with zero attached hydrogens (tertiary/aromatic N) is 1. The summed E-state index contributed by atoms with van der Waals surface area (Å²) in [4.78, 5) is 65.1. The Bertz CT molecular complexity index is 1750. The van der Waals surface area contributed by atoms with Crippen LogP contribution >= 0.6 is 11.6 Å². The maximum atomic E-state index is 13.5. The van der Waals surface area contributed by atoms with Gasteiger partial charge in [-0.15, -0.1) is 11.6 Å². The van der Waals surface area contributed by atoms with E-state index < -0.39 is 35.4 Å². The van der Waals surface area contributed by atoms with Gasteiger partial charge in [0.1, 0.15) is 30.0 Å². The Labute approximate surface area is 276 Å². The number of alkyl halides is 1. The van der Waals surface area contributed by atoms with E-state index in [1.165, 1.54) is 23.9 Å². The Morgan fingerprint density at radius 2 is 1.77 bits per heavy atom. The molecule has 47 heavy (non-hydrogen) atoms. The van der Waals surface area contributed by atoms with Gasteiger partial charge in [-0.1, -0.05) is 18.2 Å². The van der Waals surface area contributed by atoms with Crippen LogP contribution in [-0.4, -0.2) is 63.4 Å². The molecular formula is C34H40ClN5O7. The van der Waals surface area contributed by atoms with Crippen LogP contribution in [0.5, 0.6) is 0 Å². The predicted molar refractivity (Wildman–Crippen MR) is 175 cm³/mol. The third kappa shape index (κ3) is 6.80. The summed E-state index contributed by atoms with van der Waals surface area (Å²) in [5.41, 5.74) is 0.411. The highest BCUT2D eigenvalue weighted by Gasteiger charge is 2.55. The first-order valence-corrected chi connectivity index (χ1v) is 16.5. The minimum Gasteiger partial charge on any atom is -0.451 e. The molecule has 13 heteroatoms. The molecule has 0 radical (unpaired) electrons. The number of furan rings is 1. The van der Waals surface area contributed by atoms with E-state index in [2.05, 4.69) is 21.3 Å². The van der Waals surface area contributed by atoms with Gasteiger partial charge in [0.2, 0.25) is 17.7 Å². The standard InChI is InChI=1S/C34H40ClN5O7/c1-18-22-6-3-4-8-26(22)47-29(18)32(45)37-23(9-10-25(41)31(44)36-2)30(43)38-24-7-5-11-40(33(24)46)17-27(42)39-28-20-12-19-13-21(28)16-34(35,14-19)15-20/h3-8,11,19-21,23,25,28,41H,9-10,12-17H2,1-2H3,(H,36,44)(H,37,45)(H,38,43)(H,39,42)/t19?,20?,21?,23-,25?,28?,34?/m0/s1. The van der Waals surface area contributed by atoms with E-state index in [4.69, 9.17) is 16.0 Å². The molecule has 250 valence electrons. The van der Waals surface area contributed by atoms with Crippen molar-refractivity contribution in [1.29, 1.82) is 0 Å². The van der Waals surface area contributed by atoms with Crippen LogP contribution in [0.1, 0.15) is 61.1 Å². The number of fused-ring (bicyclic) bond motifs is 1. The number of aromatic nitrogens is 1. The highest BCUT2D eigenvalue weighted by molar-refractivity contribution is 6.24. The van der Waals surface area contributed by atoms with Gasteiger partial charge in [-0.25, -0.2) is 0 Å². The third-order valence-electron chi connectivity index (χ3n) is 10.1. The molecule has 4 aliphatic rings. The summed E-state index contributed by atoms with van der Waals surface area (Å²) in [6, 6.07) is 8.88. The number of aryl methyl sites for hydroxylation is 1. The highest BCUT2D eigenvalue weighted by atomic mass is 35.5. The Morgan fingerprint density at radius 3 is 2.45 bits per heavy atom. The fraction of sp³-hybridized carbons (Fsp3) is 0.500. The first kappa shape index (κ1) is 32.8. The van der Waals surface area contributed by atoms with E-state index in [9.17, 15) is 29.1 Å². The van der Waals surface area contributed by atoms with Crippen molar-refractivity contribution in [3.63, 3.8) is 0 Å². The maximum absolute atomic E-state index is 13.5. The molecule has 5 N–H and O–H groups in total. The Kier molecular flexibility index (Phi) is 9.17. The monoisotopic (exact) mass is 665 g/mol. The predicted octanol–water partition coefficient (Wildman–Crippen LogP) is 2.83. The van der Waals surface area contributed by atoms with Gasteiger partial charge >= 0.3 is 0 Å². The Morgan fingerprint density at radius 1 is 1.04 bits per heavy atom. The number of nitrogens with one attached hydrogen (secondary N) is 4. The zero-order valence-corrected chi connectivity index (χ0v) is 27.1. The van der Waals surface area contributed by atoms with Gasteiger partial charge in [0.15, 0.2) is 5.76 Å². The highest BCUT2D eigenvalue weighted by Crippen LogP contribution is 2.58. The van der Waals surface area contributed by atoms with E-state index in [-0.39, 0.29) is 47.7 Å². The average Bonchev–Trinajstić information content (AvgIpc) is 3.37. The van der Waals surface area contributed by atoms with Crippen molar-refractivity contribution < 1.29 is 28.7 Å². The molecule has 4 bridgehead atoms. The molecule has 2 heterocycles. The summed E-state index contributed by atoms with van der Waals surface area (Å²) in [6.07, 6.45) is 4.74. The molecule has 4 amide bonds. The lowest BCUT2D eigenvalue weighted by Crippen LogP contribution is -2.60. The maximum Gasteiger partial charge on any atom is 0.287 e. The number of amides is 4. The van der Waals surface area contributed by atoms with Crippen molar-refractivity contribution in [3.8, 4) is 0 Å². The minimum atomic E-state index is -1.42. The molecule has 0 spiro atoms. The lowest BCUT2D eigenvalue weighted by atomic mass is 9.53. The number of halogens is 1. The van der Waals surface area contributed by atoms with Gasteiger partial charge < -0.3 is 35.4 Å². The van der Waals surface area contributed by atoms with Crippen LogP contribution in [0.4, 0.5) is 5.69 Å². The molecule has 4 saturated carbocycles. The van der Waals surface area contributed by atoms with Crippen molar-refractivity contribution in [2.45, 2.75) is 81.5 Å². The number of para-hydroxylation sites is 1. The second-order valence-electron chi connectivity index (χ2n) is 13.3. The number of aliphatic hydroxyl groups is 1. The van der Waals surface area contributed by atoms with E-state index >= 15 is 0 Å². The van der Waals surface area contributed by atoms with Gasteiger partial charge in [0.25, 0.3) is 11.5 Å². The zero-order chi connectivity index (χ0) is 33.5. The minimum absolute atomic E-state index is 0.0179. The molecule has 3 unspecified atom stereocenters. The first-order valence-electron chi connectivity index (χ1n) is 16.1. The summed E-state index contributed by atoms with van der Waals surface area (Å²) in [6.45, 7) is 1.50. The average molecular weight is 666 g/mol. The van der Waals surface area contributed by atoms with Crippen LogP contribution in [0, 0.1) is 24.7 Å². The summed E-state index contributed by atoms with van der Waals surface area (Å²) >= 11 is 6.85. The molecule has 1 aromatic carbocycles. The zero-order valence-electron chi connectivity index (χ0n) is 26.4. The molecule has 2 aromatic heterocycles. The number of hydrogen-bond acceptors (Lipinski definition) is 7. The fourth-order valence-corrected chi connectivity index (χ4v) is 8.64. The second-order valence-corrected chi connectivity index (χ2v) is 14.1. The molecule has 0 saturated heterocycles. The largest absolute Gasteiger partial charge is 0.451 e. The lowest BCUT2D eigenvalue weighted by molar-refractivity contribution is -0.129. The van der Waals surface area contributed by atoms with Crippen molar-refractivity contribution >= 4 is 51.9 Å². The third-order valence-corrected chi connectivity index (χ3v) is 10.5. The lowest BCUT2D eigenvalue weighted by Gasteiger charge is -2.57. The molecule has 0 aliphatic heterocycles. The number of pyridine rings is 1. The summed E-state index contributed by atoms with van der Waals surface area (Å²) in [5.74, 6) is -1.02. The van der Waals surface area contributed by atoms with Gasteiger partial charge in [-0.3, -0.25) is 24.0 Å². The number of hydrogen-bond donors (Lipinski definition) is 5. The second kappa shape index (κ2) is 13.2. The fourth-order valence-electron chi connectivity index (χ4n) is 8.03. The molecule has 12 nitrogen and oxygen atoms in total. The SMILES string of the molecule is CNC(=O)C(O)CC[C@H](NC(=O)c1oc2ccccc2c1C)C(=O)Nc1cccn(CC(=O)NC2C3CC4CC2CC(Cl)(C4)C3)c1=O. The molecule has 4 atom stereocenters. The molecule has 7 rings (SSSR count). The van der Waals surface area contributed by atoms with Crippen molar-refractivity contribution in [3.05, 3.63) is 64.3 Å². The van der Waals surface area contributed by atoms with E-state index in [0.717, 1.165) is 37.5 Å². The summed E-state index contributed by atoms with van der Waals surface area (Å²) in [5, 5.41) is 21.7. The van der Waals surface area contributed by atoms with Crippen molar-refractivity contribution in [1.82, 2.24) is 20.5 Å². The van der Waals surface area contributed by atoms with Gasteiger partial charge in [0, 0.05) is 35.1 Å². The number of rotatable bonds is 11. The number of anilines is 1. The smallest absolute Gasteiger partial charge is 0.287 e. The quantitative estimate of drug-likeness (QED) is 0.196. The van der Waals surface area contributed by atoms with Gasteiger partial charge in [0.05, 0.1) is 0 Å². The van der Waals surface area contributed by atoms with Crippen LogP contribution in [-0.2, 0) is 20.9 Å². The van der Waals surface area contributed by atoms with Crippen LogP contribution in [0.2, 0.25) is 0 Å². The summed E-state index contributed by atoms with van der Waals surface area (Å²) in [7, 11) is 1.38. The number of carbonyl (C=O) groups excluding carboxylic acids is 4. The van der Waals surface area contributed by atoms with Gasteiger partial charge in [-0.2, -0.15) is 0 Å². The Hall–Kier alpha value is -4.16. The van der Waals surface area contributed by atoms with Crippen LogP contribution in [0.15, 0.2) is 51.8 Å². The molecule has 4 fully saturated rings. The van der Waals surface area contributed by atoms with Crippen LogP contribution in [0.25, 0.3) is 11.0 Å². The van der Waals surface area contributed by atoms with E-state index in [1.807, 2.05) is 12.1 Å².